The number of hydrogen-bond acceptors (Lipinski definition) is 7. The summed E-state index contributed by atoms with van der Waals surface area (Å²) in [5.74, 6) is 1.32. The van der Waals surface area contributed by atoms with Gasteiger partial charge in [0.25, 0.3) is 15.7 Å². The molecule has 0 saturated heterocycles. The van der Waals surface area contributed by atoms with E-state index in [1.54, 1.807) is 67.8 Å². The molecule has 0 spiro atoms. The summed E-state index contributed by atoms with van der Waals surface area (Å²) in [6.45, 7) is 1.93. The van der Waals surface area contributed by atoms with Crippen molar-refractivity contribution in [1.29, 1.82) is 0 Å². The van der Waals surface area contributed by atoms with Crippen LogP contribution in [0.5, 0.6) is 11.5 Å². The Kier molecular flexibility index (Phi) is 7.73. The second-order valence-electron chi connectivity index (χ2n) is 8.22. The van der Waals surface area contributed by atoms with Crippen LogP contribution in [0.1, 0.15) is 11.1 Å². The van der Waals surface area contributed by atoms with Crippen LogP contribution in [-0.2, 0) is 10.0 Å². The zero-order chi connectivity index (χ0) is 27.3. The minimum atomic E-state index is -4.29. The van der Waals surface area contributed by atoms with Crippen LogP contribution in [-0.4, -0.2) is 33.4 Å². The molecule has 0 aliphatic heterocycles. The molecule has 0 aromatic heterocycles. The molecule has 38 heavy (non-hydrogen) atoms. The van der Waals surface area contributed by atoms with Crippen LogP contribution in [0.3, 0.4) is 0 Å². The zero-order valence-electron chi connectivity index (χ0n) is 20.9. The van der Waals surface area contributed by atoms with Gasteiger partial charge in [-0.3, -0.25) is 10.1 Å². The van der Waals surface area contributed by atoms with E-state index in [1.807, 2.05) is 19.1 Å². The molecular weight excluding hydrogens is 506 g/mol. The van der Waals surface area contributed by atoms with Gasteiger partial charge in [-0.25, -0.2) is 17.7 Å². The predicted octanol–water partition coefficient (Wildman–Crippen LogP) is 5.89. The number of rotatable bonds is 8. The van der Waals surface area contributed by atoms with Gasteiger partial charge in [-0.05, 0) is 67.6 Å². The second-order valence-corrected chi connectivity index (χ2v) is 10.0. The summed E-state index contributed by atoms with van der Waals surface area (Å²) in [4.78, 5) is 15.2. The molecule has 0 N–H and O–H groups in total. The van der Waals surface area contributed by atoms with E-state index in [9.17, 15) is 18.5 Å². The molecule has 0 atom stereocenters. The smallest absolute Gasteiger partial charge is 0.269 e. The molecule has 0 aliphatic carbocycles. The number of amidine groups is 1. The predicted molar refractivity (Wildman–Crippen MR) is 146 cm³/mol. The maximum Gasteiger partial charge on any atom is 0.269 e. The highest BCUT2D eigenvalue weighted by Crippen LogP contribution is 2.31. The summed E-state index contributed by atoms with van der Waals surface area (Å²) < 4.78 is 39.9. The standard InChI is InChI=1S/C28H25N3O6S/c1-20-4-6-21(7-5-20)28(29-22-8-14-25(36-2)15-9-22)30(23-10-16-26(37-3)17-11-23)38(34,35)27-18-12-24(13-19-27)31(32)33/h4-19H,1-3H3. The molecule has 4 aromatic rings. The van der Waals surface area contributed by atoms with Gasteiger partial charge in [0.05, 0.1) is 35.4 Å². The maximum absolute atomic E-state index is 14.2. The van der Waals surface area contributed by atoms with Gasteiger partial charge in [-0.2, -0.15) is 0 Å². The van der Waals surface area contributed by atoms with Crippen LogP contribution in [0.15, 0.2) is 107 Å². The van der Waals surface area contributed by atoms with E-state index in [0.29, 0.717) is 28.4 Å². The lowest BCUT2D eigenvalue weighted by molar-refractivity contribution is -0.384. The van der Waals surface area contributed by atoms with Gasteiger partial charge in [0.15, 0.2) is 5.84 Å². The zero-order valence-corrected chi connectivity index (χ0v) is 21.8. The summed E-state index contributed by atoms with van der Waals surface area (Å²) in [7, 11) is -1.22. The van der Waals surface area contributed by atoms with Gasteiger partial charge < -0.3 is 9.47 Å². The number of nitro groups is 1. The van der Waals surface area contributed by atoms with E-state index >= 15 is 0 Å². The third-order valence-corrected chi connectivity index (χ3v) is 7.43. The first-order valence-corrected chi connectivity index (χ1v) is 12.9. The Bertz CT molecular complexity index is 1550. The number of hydrogen-bond donors (Lipinski definition) is 0. The van der Waals surface area contributed by atoms with Gasteiger partial charge >= 0.3 is 0 Å². The molecule has 0 unspecified atom stereocenters. The Morgan fingerprint density at radius 3 is 1.82 bits per heavy atom. The number of anilines is 1. The fourth-order valence-electron chi connectivity index (χ4n) is 3.65. The fourth-order valence-corrected chi connectivity index (χ4v) is 5.11. The van der Waals surface area contributed by atoms with Crippen LogP contribution in [0, 0.1) is 17.0 Å². The first-order valence-electron chi connectivity index (χ1n) is 11.5. The van der Waals surface area contributed by atoms with E-state index in [4.69, 9.17) is 14.5 Å². The van der Waals surface area contributed by atoms with E-state index in [1.165, 1.54) is 19.2 Å². The van der Waals surface area contributed by atoms with Crippen molar-refractivity contribution in [3.8, 4) is 11.5 Å². The SMILES string of the molecule is COc1ccc(N=C(c2ccc(C)cc2)N(c2ccc(OC)cc2)S(=O)(=O)c2ccc([N+](=O)[O-])cc2)cc1. The highest BCUT2D eigenvalue weighted by Gasteiger charge is 2.31. The largest absolute Gasteiger partial charge is 0.497 e. The lowest BCUT2D eigenvalue weighted by atomic mass is 10.1. The monoisotopic (exact) mass is 531 g/mol. The highest BCUT2D eigenvalue weighted by atomic mass is 32.2. The van der Waals surface area contributed by atoms with E-state index in [-0.39, 0.29) is 16.4 Å². The van der Waals surface area contributed by atoms with Crippen molar-refractivity contribution in [1.82, 2.24) is 0 Å². The lowest BCUT2D eigenvalue weighted by Gasteiger charge is -2.26. The fraction of sp³-hybridized carbons (Fsp3) is 0.107. The molecule has 0 aliphatic rings. The minimum absolute atomic E-state index is 0.131. The number of non-ortho nitro benzene ring substituents is 1. The summed E-state index contributed by atoms with van der Waals surface area (Å²) in [5, 5.41) is 11.2. The number of nitrogens with zero attached hydrogens (tertiary/aromatic N) is 3. The highest BCUT2D eigenvalue weighted by molar-refractivity contribution is 7.93. The first-order chi connectivity index (χ1) is 18.2. The Labute approximate surface area is 220 Å². The normalized spacial score (nSPS) is 11.6. The number of aryl methyl sites for hydroxylation is 1. The topological polar surface area (TPSA) is 111 Å². The number of ether oxygens (including phenoxy) is 2. The molecule has 9 nitrogen and oxygen atoms in total. The maximum atomic E-state index is 14.2. The van der Waals surface area contributed by atoms with Crippen molar-refractivity contribution < 1.29 is 22.8 Å². The van der Waals surface area contributed by atoms with Crippen molar-refractivity contribution in [2.24, 2.45) is 4.99 Å². The summed E-state index contributed by atoms with van der Waals surface area (Å²) in [6, 6.07) is 25.5. The number of benzene rings is 4. The van der Waals surface area contributed by atoms with Crippen LogP contribution in [0.2, 0.25) is 0 Å². The molecule has 0 saturated carbocycles. The number of sulfonamides is 1. The van der Waals surface area contributed by atoms with Crippen LogP contribution >= 0.6 is 0 Å². The minimum Gasteiger partial charge on any atom is -0.497 e. The van der Waals surface area contributed by atoms with Gasteiger partial charge in [-0.15, -0.1) is 0 Å². The molecule has 0 radical (unpaired) electrons. The summed E-state index contributed by atoms with van der Waals surface area (Å²) in [5.41, 5.74) is 2.13. The third-order valence-electron chi connectivity index (χ3n) is 5.70. The number of methoxy groups -OCH3 is 2. The molecular formula is C28H25N3O6S. The Hall–Kier alpha value is -4.70. The van der Waals surface area contributed by atoms with Crippen molar-refractivity contribution in [3.63, 3.8) is 0 Å². The van der Waals surface area contributed by atoms with Gasteiger partial charge in [0.2, 0.25) is 0 Å². The first kappa shape index (κ1) is 26.4. The quantitative estimate of drug-likeness (QED) is 0.121. The Morgan fingerprint density at radius 2 is 1.32 bits per heavy atom. The average molecular weight is 532 g/mol. The van der Waals surface area contributed by atoms with Crippen LogP contribution in [0.25, 0.3) is 0 Å². The van der Waals surface area contributed by atoms with Gasteiger partial charge in [0.1, 0.15) is 11.5 Å². The van der Waals surface area contributed by atoms with Crippen LogP contribution in [0.4, 0.5) is 17.1 Å². The second kappa shape index (κ2) is 11.1. The number of nitro benzene ring substituents is 1. The third kappa shape index (κ3) is 5.65. The van der Waals surface area contributed by atoms with Gasteiger partial charge in [0, 0.05) is 17.7 Å². The van der Waals surface area contributed by atoms with Crippen molar-refractivity contribution in [2.75, 3.05) is 18.5 Å². The molecule has 10 heteroatoms. The number of aliphatic imine (C=N–C) groups is 1. The molecule has 0 fully saturated rings. The molecule has 0 heterocycles. The van der Waals surface area contributed by atoms with Crippen molar-refractivity contribution in [2.45, 2.75) is 11.8 Å². The van der Waals surface area contributed by atoms with Gasteiger partial charge in [-0.1, -0.05) is 29.8 Å². The van der Waals surface area contributed by atoms with E-state index < -0.39 is 14.9 Å². The molecule has 0 amide bonds. The Balaban J connectivity index is 1.96. The van der Waals surface area contributed by atoms with Crippen LogP contribution < -0.4 is 13.8 Å². The van der Waals surface area contributed by atoms with Crippen molar-refractivity contribution in [3.05, 3.63) is 118 Å². The summed E-state index contributed by atoms with van der Waals surface area (Å²) >= 11 is 0. The average Bonchev–Trinajstić information content (AvgIpc) is 2.94. The lowest BCUT2D eigenvalue weighted by Crippen LogP contribution is -2.37. The Morgan fingerprint density at radius 1 is 0.789 bits per heavy atom. The van der Waals surface area contributed by atoms with Crippen molar-refractivity contribution >= 4 is 32.9 Å². The van der Waals surface area contributed by atoms with E-state index in [2.05, 4.69) is 0 Å². The molecule has 0 bridgehead atoms. The molecule has 4 aromatic carbocycles. The van der Waals surface area contributed by atoms with E-state index in [0.717, 1.165) is 22.0 Å². The molecule has 4 rings (SSSR count). The molecule has 194 valence electrons. The summed E-state index contributed by atoms with van der Waals surface area (Å²) in [6.07, 6.45) is 0.